The molecule has 3 nitrogen and oxygen atoms in total. The highest BCUT2D eigenvalue weighted by Crippen LogP contribution is 2.15. The molecule has 0 atom stereocenters. The maximum atomic E-state index is 11.7. The highest BCUT2D eigenvalue weighted by molar-refractivity contribution is 6.04. The summed E-state index contributed by atoms with van der Waals surface area (Å²) in [4.78, 5) is 22.3. The predicted octanol–water partition coefficient (Wildman–Crippen LogP) is 9.63. The Morgan fingerprint density at radius 3 is 1.23 bits per heavy atom. The predicted molar refractivity (Wildman–Crippen MR) is 152 cm³/mol. The maximum absolute atomic E-state index is 11.7. The van der Waals surface area contributed by atoms with Crippen molar-refractivity contribution in [3.05, 3.63) is 69.9 Å². The first kappa shape index (κ1) is 32.6. The minimum absolute atomic E-state index is 0.303. The molecule has 0 saturated carbocycles. The molecule has 1 N–H and O–H groups in total. The Hall–Kier alpha value is -2.42. The SMILES string of the molecule is CC(C)=CCC/C(C)=C/CC/C(C)=C/CC/C=C(\C)CC/C=C(\C)CCC=C(C)C(=O)CC(=O)O. The van der Waals surface area contributed by atoms with Crippen LogP contribution in [0.5, 0.6) is 0 Å². The topological polar surface area (TPSA) is 54.4 Å². The van der Waals surface area contributed by atoms with E-state index >= 15 is 0 Å². The van der Waals surface area contributed by atoms with Gasteiger partial charge in [-0.15, -0.1) is 0 Å². The summed E-state index contributed by atoms with van der Waals surface area (Å²) in [7, 11) is 0. The van der Waals surface area contributed by atoms with Crippen LogP contribution in [-0.4, -0.2) is 16.9 Å². The number of ketones is 1. The lowest BCUT2D eigenvalue weighted by Crippen LogP contribution is -2.07. The van der Waals surface area contributed by atoms with E-state index in [9.17, 15) is 9.59 Å². The molecule has 0 radical (unpaired) electrons. The molecular weight excluding hydrogens is 432 g/mol. The Morgan fingerprint density at radius 1 is 0.514 bits per heavy atom. The van der Waals surface area contributed by atoms with Crippen LogP contribution in [0.1, 0.15) is 119 Å². The van der Waals surface area contributed by atoms with Gasteiger partial charge in [0.2, 0.25) is 0 Å². The minimum Gasteiger partial charge on any atom is -0.481 e. The van der Waals surface area contributed by atoms with E-state index in [0.29, 0.717) is 5.57 Å². The zero-order valence-electron chi connectivity index (χ0n) is 23.5. The summed E-state index contributed by atoms with van der Waals surface area (Å²) in [5.41, 5.74) is 7.67. The lowest BCUT2D eigenvalue weighted by atomic mass is 10.0. The molecule has 0 amide bonds. The van der Waals surface area contributed by atoms with Crippen molar-refractivity contribution < 1.29 is 14.7 Å². The fourth-order valence-electron chi connectivity index (χ4n) is 3.66. The second-order valence-corrected chi connectivity index (χ2v) is 10.1. The summed E-state index contributed by atoms with van der Waals surface area (Å²) in [5.74, 6) is -1.37. The number of carbonyl (C=O) groups excluding carboxylic acids is 1. The Bertz CT molecular complexity index is 840. The van der Waals surface area contributed by atoms with Gasteiger partial charge in [0.05, 0.1) is 0 Å². The number of hydrogen-bond donors (Lipinski definition) is 1. The number of carboxylic acid groups (broad SMARTS) is 1. The molecule has 0 aliphatic carbocycles. The molecule has 0 unspecified atom stereocenters. The molecule has 0 aromatic heterocycles. The van der Waals surface area contributed by atoms with Crippen molar-refractivity contribution in [1.82, 2.24) is 0 Å². The molecule has 0 saturated heterocycles. The third-order valence-electron chi connectivity index (χ3n) is 6.05. The molecule has 0 fully saturated rings. The summed E-state index contributed by atoms with van der Waals surface area (Å²) in [6.45, 7) is 14.8. The van der Waals surface area contributed by atoms with Crippen LogP contribution < -0.4 is 0 Å². The number of rotatable bonds is 18. The van der Waals surface area contributed by atoms with Crippen LogP contribution in [0, 0.1) is 0 Å². The highest BCUT2D eigenvalue weighted by atomic mass is 16.4. The number of hydrogen-bond acceptors (Lipinski definition) is 2. The van der Waals surface area contributed by atoms with Crippen LogP contribution in [0.3, 0.4) is 0 Å². The lowest BCUT2D eigenvalue weighted by Gasteiger charge is -2.03. The van der Waals surface area contributed by atoms with E-state index < -0.39 is 12.4 Å². The molecule has 0 aliphatic rings. The fourth-order valence-corrected chi connectivity index (χ4v) is 3.66. The number of allylic oxidation sites excluding steroid dienone is 12. The zero-order valence-corrected chi connectivity index (χ0v) is 23.5. The van der Waals surface area contributed by atoms with E-state index in [1.54, 1.807) is 6.92 Å². The van der Waals surface area contributed by atoms with Crippen LogP contribution in [0.2, 0.25) is 0 Å². The molecule has 0 bridgehead atoms. The van der Waals surface area contributed by atoms with Crippen molar-refractivity contribution in [2.45, 2.75) is 119 Å². The van der Waals surface area contributed by atoms with E-state index in [0.717, 1.165) is 57.8 Å². The van der Waals surface area contributed by atoms with Gasteiger partial charge in [-0.2, -0.15) is 0 Å². The van der Waals surface area contributed by atoms with Crippen molar-refractivity contribution in [3.8, 4) is 0 Å². The van der Waals surface area contributed by atoms with Crippen LogP contribution in [0.4, 0.5) is 0 Å². The Morgan fingerprint density at radius 2 is 0.857 bits per heavy atom. The summed E-state index contributed by atoms with van der Waals surface area (Å²) in [6.07, 6.45) is 23.7. The van der Waals surface area contributed by atoms with Crippen LogP contribution in [-0.2, 0) is 9.59 Å². The van der Waals surface area contributed by atoms with Gasteiger partial charge in [0, 0.05) is 0 Å². The molecule has 196 valence electrons. The van der Waals surface area contributed by atoms with Crippen LogP contribution in [0.15, 0.2) is 69.9 Å². The molecule has 0 spiro atoms. The second-order valence-electron chi connectivity index (χ2n) is 10.1. The Balaban J connectivity index is 4.18. The van der Waals surface area contributed by atoms with E-state index in [1.165, 1.54) is 34.3 Å². The first-order valence-electron chi connectivity index (χ1n) is 13.2. The molecule has 0 aromatic carbocycles. The van der Waals surface area contributed by atoms with Gasteiger partial charge in [0.15, 0.2) is 5.78 Å². The van der Waals surface area contributed by atoms with Crippen molar-refractivity contribution in [2.24, 2.45) is 0 Å². The van der Waals surface area contributed by atoms with Crippen LogP contribution >= 0.6 is 0 Å². The minimum atomic E-state index is -1.07. The van der Waals surface area contributed by atoms with E-state index in [-0.39, 0.29) is 5.78 Å². The van der Waals surface area contributed by atoms with Crippen molar-refractivity contribution in [3.63, 3.8) is 0 Å². The Kier molecular flexibility index (Phi) is 18.5. The molecule has 35 heavy (non-hydrogen) atoms. The molecular formula is C32H50O3. The molecule has 0 aliphatic heterocycles. The molecule has 3 heteroatoms. The van der Waals surface area contributed by atoms with Crippen molar-refractivity contribution in [2.75, 3.05) is 0 Å². The highest BCUT2D eigenvalue weighted by Gasteiger charge is 2.08. The molecule has 0 aromatic rings. The van der Waals surface area contributed by atoms with Gasteiger partial charge in [-0.25, -0.2) is 0 Å². The average molecular weight is 483 g/mol. The fraction of sp³-hybridized carbons (Fsp3) is 0.562. The van der Waals surface area contributed by atoms with Gasteiger partial charge >= 0.3 is 5.97 Å². The quantitative estimate of drug-likeness (QED) is 0.0915. The van der Waals surface area contributed by atoms with E-state index in [2.05, 4.69) is 71.9 Å². The van der Waals surface area contributed by atoms with Crippen molar-refractivity contribution >= 4 is 11.8 Å². The van der Waals surface area contributed by atoms with Gasteiger partial charge in [0.1, 0.15) is 6.42 Å². The van der Waals surface area contributed by atoms with E-state index in [1.807, 2.05) is 6.08 Å². The normalized spacial score (nSPS) is 13.7. The number of aliphatic carboxylic acids is 1. The second kappa shape index (κ2) is 19.8. The van der Waals surface area contributed by atoms with E-state index in [4.69, 9.17) is 5.11 Å². The maximum Gasteiger partial charge on any atom is 0.311 e. The number of Topliss-reactive ketones (excluding diaryl/α,β-unsaturated/α-hetero) is 1. The standard InChI is InChI=1S/C32H50O3/c1-25(2)14-10-17-28(5)20-11-18-26(3)15-8-9-16-27(4)19-12-21-29(6)22-13-23-30(7)31(33)24-32(34)35/h14-16,20-21,23H,8-13,17-19,22,24H2,1-7H3,(H,34,35)/b26-15+,27-16+,28-20+,29-21+,30-23?. The smallest absolute Gasteiger partial charge is 0.311 e. The van der Waals surface area contributed by atoms with Gasteiger partial charge < -0.3 is 5.11 Å². The van der Waals surface area contributed by atoms with Crippen molar-refractivity contribution in [1.29, 1.82) is 0 Å². The largest absolute Gasteiger partial charge is 0.481 e. The monoisotopic (exact) mass is 482 g/mol. The first-order chi connectivity index (χ1) is 16.5. The summed E-state index contributed by atoms with van der Waals surface area (Å²) in [6, 6.07) is 0. The molecule has 0 rings (SSSR count). The molecule has 0 heterocycles. The van der Waals surface area contributed by atoms with Gasteiger partial charge in [0.25, 0.3) is 0 Å². The van der Waals surface area contributed by atoms with Crippen LogP contribution in [0.25, 0.3) is 0 Å². The third-order valence-corrected chi connectivity index (χ3v) is 6.05. The number of carboxylic acids is 1. The summed E-state index contributed by atoms with van der Waals surface area (Å²) in [5, 5.41) is 8.69. The lowest BCUT2D eigenvalue weighted by molar-refractivity contribution is -0.139. The van der Waals surface area contributed by atoms with Gasteiger partial charge in [-0.3, -0.25) is 9.59 Å². The van der Waals surface area contributed by atoms with Gasteiger partial charge in [-0.1, -0.05) is 64.3 Å². The Labute approximate surface area is 215 Å². The first-order valence-corrected chi connectivity index (χ1v) is 13.2. The number of unbranched alkanes of at least 4 members (excludes halogenated alkanes) is 1. The third kappa shape index (κ3) is 20.7. The summed E-state index contributed by atoms with van der Waals surface area (Å²) >= 11 is 0. The van der Waals surface area contributed by atoms with Gasteiger partial charge in [-0.05, 0) is 118 Å². The summed E-state index contributed by atoms with van der Waals surface area (Å²) < 4.78 is 0. The number of carbonyl (C=O) groups is 2. The average Bonchev–Trinajstić information content (AvgIpc) is 2.76. The zero-order chi connectivity index (χ0) is 26.6.